The van der Waals surface area contributed by atoms with Gasteiger partial charge in [0.1, 0.15) is 32.7 Å². The van der Waals surface area contributed by atoms with Crippen molar-refractivity contribution in [3.8, 4) is 6.07 Å². The molecule has 1 aliphatic heterocycles. The molecule has 6 heteroatoms. The highest BCUT2D eigenvalue weighted by Crippen LogP contribution is 2.10. The molecular formula is C21H25ClN4O+2. The Morgan fingerprint density at radius 2 is 1.93 bits per heavy atom. The van der Waals surface area contributed by atoms with Crippen molar-refractivity contribution in [2.24, 2.45) is 0 Å². The molecule has 0 aromatic heterocycles. The molecule has 1 heterocycles. The van der Waals surface area contributed by atoms with Crippen LogP contribution >= 0.6 is 11.6 Å². The summed E-state index contributed by atoms with van der Waals surface area (Å²) in [6.07, 6.45) is 0. The van der Waals surface area contributed by atoms with Gasteiger partial charge in [0.25, 0.3) is 5.91 Å². The van der Waals surface area contributed by atoms with Gasteiger partial charge >= 0.3 is 0 Å². The van der Waals surface area contributed by atoms with E-state index in [0.717, 1.165) is 37.7 Å². The zero-order chi connectivity index (χ0) is 19.2. The van der Waals surface area contributed by atoms with Crippen LogP contribution in [-0.2, 0) is 11.3 Å². The van der Waals surface area contributed by atoms with E-state index >= 15 is 0 Å². The third kappa shape index (κ3) is 5.30. The first-order valence-corrected chi connectivity index (χ1v) is 9.66. The van der Waals surface area contributed by atoms with E-state index in [0.29, 0.717) is 11.3 Å². The number of halogens is 1. The Morgan fingerprint density at radius 1 is 1.19 bits per heavy atom. The summed E-state index contributed by atoms with van der Waals surface area (Å²) < 4.78 is 0. The summed E-state index contributed by atoms with van der Waals surface area (Å²) in [7, 11) is 0. The van der Waals surface area contributed by atoms with E-state index in [1.165, 1.54) is 15.4 Å². The molecule has 0 bridgehead atoms. The van der Waals surface area contributed by atoms with Crippen molar-refractivity contribution in [2.75, 3.05) is 31.5 Å². The zero-order valence-electron chi connectivity index (χ0n) is 15.5. The molecule has 2 aromatic carbocycles. The Balaban J connectivity index is 1.51. The predicted molar refractivity (Wildman–Crippen MR) is 106 cm³/mol. The molecule has 3 rings (SSSR count). The minimum Gasteiger partial charge on any atom is -0.322 e. The van der Waals surface area contributed by atoms with E-state index in [1.54, 1.807) is 18.2 Å². The molecule has 0 spiro atoms. The maximum atomic E-state index is 12.6. The van der Waals surface area contributed by atoms with E-state index in [2.05, 4.69) is 17.5 Å². The van der Waals surface area contributed by atoms with Crippen molar-refractivity contribution in [1.82, 2.24) is 0 Å². The SMILES string of the molecule is C[C@@H](C(=O)Nc1cccc(C#N)c1)[NH+]1CC[NH+](Cc2cccc(Cl)c2)CC1. The quantitative estimate of drug-likeness (QED) is 0.704. The van der Waals surface area contributed by atoms with Gasteiger partial charge in [-0.3, -0.25) is 4.79 Å². The summed E-state index contributed by atoms with van der Waals surface area (Å²) in [5, 5.41) is 12.7. The van der Waals surface area contributed by atoms with Crippen molar-refractivity contribution in [2.45, 2.75) is 19.5 Å². The number of anilines is 1. The molecule has 5 nitrogen and oxygen atoms in total. The highest BCUT2D eigenvalue weighted by molar-refractivity contribution is 6.30. The number of rotatable bonds is 5. The zero-order valence-corrected chi connectivity index (χ0v) is 16.2. The van der Waals surface area contributed by atoms with Gasteiger partial charge in [-0.25, -0.2) is 0 Å². The number of nitriles is 1. The van der Waals surface area contributed by atoms with Gasteiger partial charge in [0.15, 0.2) is 6.04 Å². The fourth-order valence-electron chi connectivity index (χ4n) is 3.57. The molecule has 1 aliphatic rings. The summed E-state index contributed by atoms with van der Waals surface area (Å²) in [6, 6.07) is 17.0. The molecular weight excluding hydrogens is 360 g/mol. The third-order valence-corrected chi connectivity index (χ3v) is 5.44. The summed E-state index contributed by atoms with van der Waals surface area (Å²) >= 11 is 6.07. The van der Waals surface area contributed by atoms with Crippen molar-refractivity contribution in [1.29, 1.82) is 5.26 Å². The van der Waals surface area contributed by atoms with Crippen LogP contribution in [0.25, 0.3) is 0 Å². The number of nitrogens with zero attached hydrogens (tertiary/aromatic N) is 1. The third-order valence-electron chi connectivity index (χ3n) is 5.21. The van der Waals surface area contributed by atoms with Gasteiger partial charge in [-0.05, 0) is 37.3 Å². The van der Waals surface area contributed by atoms with E-state index in [1.807, 2.05) is 31.2 Å². The van der Waals surface area contributed by atoms with Gasteiger partial charge in [0, 0.05) is 16.3 Å². The van der Waals surface area contributed by atoms with Crippen molar-refractivity contribution < 1.29 is 14.6 Å². The molecule has 0 aliphatic carbocycles. The summed E-state index contributed by atoms with van der Waals surface area (Å²) in [4.78, 5) is 15.4. The van der Waals surface area contributed by atoms with Crippen LogP contribution in [0.15, 0.2) is 48.5 Å². The molecule has 27 heavy (non-hydrogen) atoms. The van der Waals surface area contributed by atoms with E-state index in [9.17, 15) is 4.79 Å². The number of carbonyl (C=O) groups is 1. The molecule has 0 unspecified atom stereocenters. The standard InChI is InChI=1S/C21H23ClN4O/c1-16(21(27)24-20-7-3-4-17(13-20)14-23)26-10-8-25(9-11-26)15-18-5-2-6-19(22)12-18/h2-7,12-13,16H,8-11,15H2,1H3,(H,24,27)/p+2/t16-/m0/s1. The average Bonchev–Trinajstić information content (AvgIpc) is 2.68. The number of nitrogens with one attached hydrogen (secondary N) is 3. The van der Waals surface area contributed by atoms with Gasteiger partial charge in [-0.2, -0.15) is 5.26 Å². The Kier molecular flexibility index (Phi) is 6.46. The van der Waals surface area contributed by atoms with Crippen LogP contribution in [0.5, 0.6) is 0 Å². The molecule has 0 radical (unpaired) electrons. The first kappa shape index (κ1) is 19.4. The number of hydrogen-bond donors (Lipinski definition) is 3. The Labute approximate surface area is 165 Å². The lowest BCUT2D eigenvalue weighted by Crippen LogP contribution is -3.29. The van der Waals surface area contributed by atoms with E-state index in [-0.39, 0.29) is 11.9 Å². The molecule has 1 fully saturated rings. The van der Waals surface area contributed by atoms with Crippen LogP contribution in [0.1, 0.15) is 18.1 Å². The first-order valence-electron chi connectivity index (χ1n) is 9.29. The Morgan fingerprint density at radius 3 is 2.63 bits per heavy atom. The van der Waals surface area contributed by atoms with Gasteiger partial charge in [0.05, 0.1) is 11.6 Å². The minimum absolute atomic E-state index is 0.00150. The van der Waals surface area contributed by atoms with Gasteiger partial charge in [-0.1, -0.05) is 29.8 Å². The fraction of sp³-hybridized carbons (Fsp3) is 0.333. The minimum atomic E-state index is -0.122. The first-order chi connectivity index (χ1) is 13.0. The van der Waals surface area contributed by atoms with Gasteiger partial charge < -0.3 is 15.1 Å². The summed E-state index contributed by atoms with van der Waals surface area (Å²) in [6.45, 7) is 6.92. The number of quaternary nitrogens is 2. The Hall–Kier alpha value is -2.39. The van der Waals surface area contributed by atoms with E-state index < -0.39 is 0 Å². The average molecular weight is 385 g/mol. The van der Waals surface area contributed by atoms with Crippen LogP contribution in [0, 0.1) is 11.3 Å². The lowest BCUT2D eigenvalue weighted by molar-refractivity contribution is -1.02. The number of carbonyl (C=O) groups excluding carboxylic acids is 1. The maximum Gasteiger partial charge on any atom is 0.282 e. The summed E-state index contributed by atoms with van der Waals surface area (Å²) in [5.41, 5.74) is 2.48. The smallest absolute Gasteiger partial charge is 0.282 e. The second-order valence-corrected chi connectivity index (χ2v) is 7.55. The highest BCUT2D eigenvalue weighted by Gasteiger charge is 2.31. The predicted octanol–water partition coefficient (Wildman–Crippen LogP) is 0.522. The topological polar surface area (TPSA) is 61.8 Å². The van der Waals surface area contributed by atoms with Gasteiger partial charge in [-0.15, -0.1) is 0 Å². The van der Waals surface area contributed by atoms with E-state index in [4.69, 9.17) is 16.9 Å². The van der Waals surface area contributed by atoms with Crippen LogP contribution in [0.4, 0.5) is 5.69 Å². The normalized spacial score (nSPS) is 20.5. The van der Waals surface area contributed by atoms with Crippen LogP contribution in [0.2, 0.25) is 5.02 Å². The van der Waals surface area contributed by atoms with Crippen LogP contribution in [0.3, 0.4) is 0 Å². The van der Waals surface area contributed by atoms with Crippen molar-refractivity contribution in [3.05, 3.63) is 64.7 Å². The highest BCUT2D eigenvalue weighted by atomic mass is 35.5. The number of amides is 1. The number of piperazine rings is 1. The lowest BCUT2D eigenvalue weighted by atomic mass is 10.1. The maximum absolute atomic E-state index is 12.6. The monoisotopic (exact) mass is 384 g/mol. The van der Waals surface area contributed by atoms with Crippen molar-refractivity contribution in [3.63, 3.8) is 0 Å². The number of hydrogen-bond acceptors (Lipinski definition) is 2. The second kappa shape index (κ2) is 9.01. The molecule has 1 amide bonds. The molecule has 1 atom stereocenters. The van der Waals surface area contributed by atoms with Crippen molar-refractivity contribution >= 4 is 23.2 Å². The summed E-state index contributed by atoms with van der Waals surface area (Å²) in [5.74, 6) is -0.00150. The Bertz CT molecular complexity index is 840. The fourth-order valence-corrected chi connectivity index (χ4v) is 3.79. The second-order valence-electron chi connectivity index (χ2n) is 7.12. The molecule has 3 N–H and O–H groups in total. The molecule has 140 valence electrons. The van der Waals surface area contributed by atoms with Gasteiger partial charge in [0.2, 0.25) is 0 Å². The lowest BCUT2D eigenvalue weighted by Gasteiger charge is -2.32. The molecule has 1 saturated heterocycles. The molecule has 2 aromatic rings. The van der Waals surface area contributed by atoms with Crippen LogP contribution < -0.4 is 15.1 Å². The number of benzene rings is 2. The largest absolute Gasteiger partial charge is 0.322 e. The van der Waals surface area contributed by atoms with Crippen LogP contribution in [-0.4, -0.2) is 38.1 Å². The molecule has 0 saturated carbocycles.